The van der Waals surface area contributed by atoms with Gasteiger partial charge in [0, 0.05) is 26.0 Å². The molecule has 6 heteroatoms. The van der Waals surface area contributed by atoms with Crippen LogP contribution in [0.4, 0.5) is 0 Å². The molecule has 5 nitrogen and oxygen atoms in total. The van der Waals surface area contributed by atoms with E-state index in [4.69, 9.17) is 4.55 Å². The molecule has 21 heavy (non-hydrogen) atoms. The van der Waals surface area contributed by atoms with Crippen LogP contribution >= 0.6 is 0 Å². The van der Waals surface area contributed by atoms with Crippen molar-refractivity contribution < 1.29 is 13.0 Å². The smallest absolute Gasteiger partial charge is 0.294 e. The van der Waals surface area contributed by atoms with Gasteiger partial charge in [-0.05, 0) is 32.4 Å². The third-order valence-electron chi connectivity index (χ3n) is 3.36. The average molecular weight is 312 g/mol. The third kappa shape index (κ3) is 5.40. The summed E-state index contributed by atoms with van der Waals surface area (Å²) in [4.78, 5) is 4.50. The van der Waals surface area contributed by atoms with E-state index in [-0.39, 0.29) is 4.90 Å². The zero-order valence-electron chi connectivity index (χ0n) is 13.0. The van der Waals surface area contributed by atoms with Crippen molar-refractivity contribution in [3.8, 4) is 0 Å². The lowest BCUT2D eigenvalue weighted by Gasteiger charge is -2.26. The minimum absolute atomic E-state index is 0.0666. The summed E-state index contributed by atoms with van der Waals surface area (Å²) in [5.74, 6) is 0. The van der Waals surface area contributed by atoms with Crippen LogP contribution in [-0.4, -0.2) is 42.5 Å². The Kier molecular flexibility index (Phi) is 6.23. The summed E-state index contributed by atoms with van der Waals surface area (Å²) in [6.07, 6.45) is 6.07. The van der Waals surface area contributed by atoms with Crippen LogP contribution in [0.3, 0.4) is 0 Å². The van der Waals surface area contributed by atoms with Crippen LogP contribution < -0.4 is 0 Å². The second-order valence-corrected chi connectivity index (χ2v) is 6.54. The molecule has 1 atom stereocenters. The Bertz CT molecular complexity index is 567. The van der Waals surface area contributed by atoms with Crippen LogP contribution in [0.1, 0.15) is 25.8 Å². The topological polar surface area (TPSA) is 60.9 Å². The average Bonchev–Trinajstić information content (AvgIpc) is 2.71. The highest BCUT2D eigenvalue weighted by Crippen LogP contribution is 2.12. The molecule has 1 aromatic rings. The second-order valence-electron chi connectivity index (χ2n) is 5.12. The second kappa shape index (κ2) is 7.47. The first-order valence-corrected chi connectivity index (χ1v) is 8.40. The lowest BCUT2D eigenvalue weighted by molar-refractivity contribution is 0.195. The Morgan fingerprint density at radius 2 is 1.76 bits per heavy atom. The first kappa shape index (κ1) is 17.5. The van der Waals surface area contributed by atoms with Gasteiger partial charge in [0.1, 0.15) is 0 Å². The maximum atomic E-state index is 10.5. The quantitative estimate of drug-likeness (QED) is 0.870. The van der Waals surface area contributed by atoms with E-state index in [1.165, 1.54) is 25.1 Å². The molecule has 2 rings (SSSR count). The van der Waals surface area contributed by atoms with Crippen LogP contribution in [0.5, 0.6) is 0 Å². The van der Waals surface area contributed by atoms with Gasteiger partial charge < -0.3 is 9.80 Å². The van der Waals surface area contributed by atoms with Crippen molar-refractivity contribution in [2.24, 2.45) is 0 Å². The van der Waals surface area contributed by atoms with Gasteiger partial charge in [0.25, 0.3) is 10.1 Å². The molecule has 0 saturated carbocycles. The van der Waals surface area contributed by atoms with Gasteiger partial charge in [-0.1, -0.05) is 24.6 Å². The molecule has 118 valence electrons. The van der Waals surface area contributed by atoms with Crippen molar-refractivity contribution in [1.29, 1.82) is 0 Å². The summed E-state index contributed by atoms with van der Waals surface area (Å²) in [5, 5.41) is 0. The fourth-order valence-corrected chi connectivity index (χ4v) is 2.38. The summed E-state index contributed by atoms with van der Waals surface area (Å²) >= 11 is 0. The van der Waals surface area contributed by atoms with E-state index in [9.17, 15) is 8.42 Å². The SMILES string of the molecule is CCCN1C=CN(C)C1C.Cc1ccc(S(=O)(=O)O)cc1. The molecular weight excluding hydrogens is 288 g/mol. The van der Waals surface area contributed by atoms with Crippen molar-refractivity contribution in [3.63, 3.8) is 0 Å². The summed E-state index contributed by atoms with van der Waals surface area (Å²) in [6, 6.07) is 5.99. The van der Waals surface area contributed by atoms with E-state index in [0.717, 1.165) is 5.56 Å². The predicted octanol–water partition coefficient (Wildman–Crippen LogP) is 2.70. The molecular formula is C15H24N2O3S. The molecule has 1 heterocycles. The summed E-state index contributed by atoms with van der Waals surface area (Å²) in [7, 11) is -1.91. The maximum Gasteiger partial charge on any atom is 0.294 e. The normalized spacial score (nSPS) is 17.7. The molecule has 0 fully saturated rings. The zero-order valence-corrected chi connectivity index (χ0v) is 13.8. The molecule has 0 radical (unpaired) electrons. The monoisotopic (exact) mass is 312 g/mol. The number of aryl methyl sites for hydroxylation is 1. The molecule has 0 bridgehead atoms. The summed E-state index contributed by atoms with van der Waals surface area (Å²) in [5.41, 5.74) is 0.956. The van der Waals surface area contributed by atoms with E-state index in [1.54, 1.807) is 12.1 Å². The van der Waals surface area contributed by atoms with Gasteiger partial charge in [-0.25, -0.2) is 0 Å². The van der Waals surface area contributed by atoms with Gasteiger partial charge in [-0.2, -0.15) is 8.42 Å². The van der Waals surface area contributed by atoms with E-state index in [1.807, 2.05) is 6.92 Å². The van der Waals surface area contributed by atoms with Crippen molar-refractivity contribution in [2.75, 3.05) is 13.6 Å². The van der Waals surface area contributed by atoms with Crippen LogP contribution in [0, 0.1) is 6.92 Å². The van der Waals surface area contributed by atoms with Gasteiger partial charge in [-0.3, -0.25) is 4.55 Å². The predicted molar refractivity (Wildman–Crippen MR) is 84.4 cm³/mol. The van der Waals surface area contributed by atoms with Crippen molar-refractivity contribution >= 4 is 10.1 Å². The van der Waals surface area contributed by atoms with Crippen LogP contribution in [0.2, 0.25) is 0 Å². The maximum absolute atomic E-state index is 10.5. The van der Waals surface area contributed by atoms with Gasteiger partial charge in [0.15, 0.2) is 0 Å². The summed E-state index contributed by atoms with van der Waals surface area (Å²) < 4.78 is 29.6. The number of hydrogen-bond donors (Lipinski definition) is 1. The van der Waals surface area contributed by atoms with Gasteiger partial charge in [-0.15, -0.1) is 0 Å². The fourth-order valence-electron chi connectivity index (χ4n) is 1.90. The first-order chi connectivity index (χ1) is 9.75. The van der Waals surface area contributed by atoms with Crippen LogP contribution in [0.15, 0.2) is 41.6 Å². The standard InChI is InChI=1S/C8H16N2.C7H8O3S/c1-4-5-10-7-6-9(3)8(10)2;1-6-2-4-7(5-3-6)11(8,9)10/h6-8H,4-5H2,1-3H3;2-5H,1H3,(H,8,9,10). The highest BCUT2D eigenvalue weighted by molar-refractivity contribution is 7.85. The molecule has 0 aromatic heterocycles. The minimum Gasteiger partial charge on any atom is -0.359 e. The number of hydrogen-bond acceptors (Lipinski definition) is 4. The molecule has 1 N–H and O–H groups in total. The Balaban J connectivity index is 0.000000211. The molecule has 0 aliphatic carbocycles. The lowest BCUT2D eigenvalue weighted by atomic mass is 10.2. The number of rotatable bonds is 3. The Morgan fingerprint density at radius 3 is 2.14 bits per heavy atom. The highest BCUT2D eigenvalue weighted by atomic mass is 32.2. The Hall–Kier alpha value is -1.53. The van der Waals surface area contributed by atoms with Crippen LogP contribution in [-0.2, 0) is 10.1 Å². The largest absolute Gasteiger partial charge is 0.359 e. The fraction of sp³-hybridized carbons (Fsp3) is 0.467. The van der Waals surface area contributed by atoms with E-state index < -0.39 is 10.1 Å². The van der Waals surface area contributed by atoms with E-state index >= 15 is 0 Å². The number of benzene rings is 1. The van der Waals surface area contributed by atoms with Crippen molar-refractivity contribution in [1.82, 2.24) is 9.80 Å². The first-order valence-electron chi connectivity index (χ1n) is 6.96. The molecule has 0 saturated heterocycles. The zero-order chi connectivity index (χ0) is 16.0. The highest BCUT2D eigenvalue weighted by Gasteiger charge is 2.16. The van der Waals surface area contributed by atoms with E-state index in [0.29, 0.717) is 6.17 Å². The van der Waals surface area contributed by atoms with Gasteiger partial charge in [0.05, 0.1) is 11.1 Å². The molecule has 0 spiro atoms. The molecule has 1 aliphatic rings. The molecule has 0 amide bonds. The van der Waals surface area contributed by atoms with Gasteiger partial charge in [0.2, 0.25) is 0 Å². The lowest BCUT2D eigenvalue weighted by Crippen LogP contribution is -2.33. The third-order valence-corrected chi connectivity index (χ3v) is 4.23. The van der Waals surface area contributed by atoms with Crippen molar-refractivity contribution in [3.05, 3.63) is 42.2 Å². The molecule has 1 aliphatic heterocycles. The molecule has 1 aromatic carbocycles. The van der Waals surface area contributed by atoms with Gasteiger partial charge >= 0.3 is 0 Å². The Morgan fingerprint density at radius 1 is 1.19 bits per heavy atom. The minimum atomic E-state index is -4.02. The van der Waals surface area contributed by atoms with E-state index in [2.05, 4.69) is 43.1 Å². The Labute approximate surface area is 127 Å². The van der Waals surface area contributed by atoms with Crippen LogP contribution in [0.25, 0.3) is 0 Å². The summed E-state index contributed by atoms with van der Waals surface area (Å²) in [6.45, 7) is 7.43. The van der Waals surface area contributed by atoms with Crippen molar-refractivity contribution in [2.45, 2.75) is 38.3 Å². The number of nitrogens with zero attached hydrogens (tertiary/aromatic N) is 2. The molecule has 1 unspecified atom stereocenters.